The molecular formula is C8H11NO3. The normalized spacial score (nSPS) is 17.3. The molecule has 1 fully saturated rings. The Hall–Kier alpha value is -1.32. The fourth-order valence-electron chi connectivity index (χ4n) is 0.949. The Morgan fingerprint density at radius 2 is 2.00 bits per heavy atom. The van der Waals surface area contributed by atoms with E-state index in [9.17, 15) is 9.59 Å². The second kappa shape index (κ2) is 3.90. The zero-order valence-electron chi connectivity index (χ0n) is 6.62. The van der Waals surface area contributed by atoms with Gasteiger partial charge in [0.05, 0.1) is 0 Å². The van der Waals surface area contributed by atoms with Crippen LogP contribution >= 0.6 is 0 Å². The molecule has 1 aliphatic rings. The predicted molar refractivity (Wildman–Crippen MR) is 42.6 cm³/mol. The van der Waals surface area contributed by atoms with Gasteiger partial charge in [0.25, 0.3) is 0 Å². The first kappa shape index (κ1) is 8.77. The van der Waals surface area contributed by atoms with Gasteiger partial charge in [0.15, 0.2) is 0 Å². The van der Waals surface area contributed by atoms with Gasteiger partial charge < -0.3 is 10.4 Å². The molecule has 1 amide bonds. The van der Waals surface area contributed by atoms with E-state index in [1.807, 2.05) is 0 Å². The van der Waals surface area contributed by atoms with Gasteiger partial charge in [-0.1, -0.05) is 0 Å². The summed E-state index contributed by atoms with van der Waals surface area (Å²) in [7, 11) is 0. The van der Waals surface area contributed by atoms with Crippen LogP contribution in [0.5, 0.6) is 0 Å². The molecule has 0 bridgehead atoms. The minimum Gasteiger partial charge on any atom is -0.478 e. The van der Waals surface area contributed by atoms with Gasteiger partial charge in [0.1, 0.15) is 0 Å². The SMILES string of the molecule is O=C(O)C=CC(=O)NC1CCC1. The molecule has 0 radical (unpaired) electrons. The molecule has 1 rings (SSSR count). The second-order valence-electron chi connectivity index (χ2n) is 2.81. The Morgan fingerprint density at radius 3 is 2.42 bits per heavy atom. The molecule has 66 valence electrons. The molecule has 0 atom stereocenters. The maximum atomic E-state index is 10.9. The van der Waals surface area contributed by atoms with Crippen molar-refractivity contribution in [3.63, 3.8) is 0 Å². The molecule has 0 aromatic carbocycles. The van der Waals surface area contributed by atoms with Crippen LogP contribution < -0.4 is 5.32 Å². The highest BCUT2D eigenvalue weighted by Crippen LogP contribution is 2.17. The standard InChI is InChI=1S/C8H11NO3/c10-7(4-5-8(11)12)9-6-2-1-3-6/h4-6H,1-3H2,(H,9,10)(H,11,12). The van der Waals surface area contributed by atoms with Gasteiger partial charge >= 0.3 is 5.97 Å². The molecule has 4 nitrogen and oxygen atoms in total. The Morgan fingerprint density at radius 1 is 1.33 bits per heavy atom. The number of carboxylic acids is 1. The van der Waals surface area contributed by atoms with Crippen LogP contribution in [-0.4, -0.2) is 23.0 Å². The van der Waals surface area contributed by atoms with Crippen molar-refractivity contribution in [1.29, 1.82) is 0 Å². The highest BCUT2D eigenvalue weighted by molar-refractivity contribution is 5.94. The summed E-state index contributed by atoms with van der Waals surface area (Å²) in [6.07, 6.45) is 5.04. The zero-order valence-corrected chi connectivity index (χ0v) is 6.62. The molecule has 4 heteroatoms. The molecule has 0 heterocycles. The topological polar surface area (TPSA) is 66.4 Å². The van der Waals surface area contributed by atoms with Gasteiger partial charge in [-0.3, -0.25) is 4.79 Å². The van der Waals surface area contributed by atoms with E-state index >= 15 is 0 Å². The summed E-state index contributed by atoms with van der Waals surface area (Å²) in [5.74, 6) is -1.42. The van der Waals surface area contributed by atoms with Crippen LogP contribution in [0.1, 0.15) is 19.3 Å². The number of hydrogen-bond donors (Lipinski definition) is 2. The van der Waals surface area contributed by atoms with Crippen molar-refractivity contribution < 1.29 is 14.7 Å². The number of amides is 1. The first-order chi connectivity index (χ1) is 5.68. The third-order valence-electron chi connectivity index (χ3n) is 1.83. The summed E-state index contributed by atoms with van der Waals surface area (Å²) in [6, 6.07) is 0.260. The van der Waals surface area contributed by atoms with Gasteiger partial charge in [-0.05, 0) is 19.3 Å². The number of carbonyl (C=O) groups excluding carboxylic acids is 1. The van der Waals surface area contributed by atoms with Crippen LogP contribution in [-0.2, 0) is 9.59 Å². The summed E-state index contributed by atoms with van der Waals surface area (Å²) >= 11 is 0. The Kier molecular flexibility index (Phi) is 2.85. The lowest BCUT2D eigenvalue weighted by Crippen LogP contribution is -2.38. The van der Waals surface area contributed by atoms with E-state index in [2.05, 4.69) is 5.32 Å². The maximum absolute atomic E-state index is 10.9. The van der Waals surface area contributed by atoms with E-state index in [1.54, 1.807) is 0 Å². The second-order valence-corrected chi connectivity index (χ2v) is 2.81. The summed E-state index contributed by atoms with van der Waals surface area (Å²) in [5.41, 5.74) is 0. The van der Waals surface area contributed by atoms with Crippen molar-refractivity contribution in [2.45, 2.75) is 25.3 Å². The number of nitrogens with one attached hydrogen (secondary N) is 1. The highest BCUT2D eigenvalue weighted by Gasteiger charge is 2.17. The molecule has 1 saturated carbocycles. The molecule has 0 aliphatic heterocycles. The zero-order chi connectivity index (χ0) is 8.97. The molecule has 12 heavy (non-hydrogen) atoms. The van der Waals surface area contributed by atoms with Crippen LogP contribution in [0.15, 0.2) is 12.2 Å². The first-order valence-corrected chi connectivity index (χ1v) is 3.90. The number of carbonyl (C=O) groups is 2. The minimum absolute atomic E-state index is 0.260. The number of carboxylic acid groups (broad SMARTS) is 1. The lowest BCUT2D eigenvalue weighted by molar-refractivity contribution is -0.131. The van der Waals surface area contributed by atoms with Crippen LogP contribution in [0.25, 0.3) is 0 Å². The summed E-state index contributed by atoms with van der Waals surface area (Å²) < 4.78 is 0. The van der Waals surface area contributed by atoms with Gasteiger partial charge in [0, 0.05) is 18.2 Å². The van der Waals surface area contributed by atoms with Crippen molar-refractivity contribution in [2.24, 2.45) is 0 Å². The summed E-state index contributed by atoms with van der Waals surface area (Å²) in [4.78, 5) is 20.9. The third-order valence-corrected chi connectivity index (χ3v) is 1.83. The lowest BCUT2D eigenvalue weighted by Gasteiger charge is -2.25. The molecule has 1 aliphatic carbocycles. The van der Waals surface area contributed by atoms with Crippen LogP contribution in [0.3, 0.4) is 0 Å². The van der Waals surface area contributed by atoms with E-state index in [0.717, 1.165) is 31.4 Å². The Balaban J connectivity index is 2.23. The highest BCUT2D eigenvalue weighted by atomic mass is 16.4. The van der Waals surface area contributed by atoms with Crippen LogP contribution in [0.4, 0.5) is 0 Å². The maximum Gasteiger partial charge on any atom is 0.328 e. The number of hydrogen-bond acceptors (Lipinski definition) is 2. The van der Waals surface area contributed by atoms with E-state index in [4.69, 9.17) is 5.11 Å². The van der Waals surface area contributed by atoms with Gasteiger partial charge in [0.2, 0.25) is 5.91 Å². The Labute approximate surface area is 70.3 Å². The lowest BCUT2D eigenvalue weighted by atomic mass is 9.93. The van der Waals surface area contributed by atoms with Crippen LogP contribution in [0.2, 0.25) is 0 Å². The summed E-state index contributed by atoms with van der Waals surface area (Å²) in [5, 5.41) is 10.9. The average Bonchev–Trinajstić information content (AvgIpc) is 1.93. The average molecular weight is 169 g/mol. The van der Waals surface area contributed by atoms with Crippen molar-refractivity contribution in [3.05, 3.63) is 12.2 Å². The number of rotatable bonds is 3. The van der Waals surface area contributed by atoms with Gasteiger partial charge in [-0.15, -0.1) is 0 Å². The monoisotopic (exact) mass is 169 g/mol. The molecule has 0 unspecified atom stereocenters. The fourth-order valence-corrected chi connectivity index (χ4v) is 0.949. The molecular weight excluding hydrogens is 158 g/mol. The van der Waals surface area contributed by atoms with Crippen molar-refractivity contribution in [1.82, 2.24) is 5.32 Å². The third kappa shape index (κ3) is 2.74. The predicted octanol–water partition coefficient (Wildman–Crippen LogP) is 0.296. The van der Waals surface area contributed by atoms with Crippen molar-refractivity contribution >= 4 is 11.9 Å². The molecule has 0 aromatic rings. The smallest absolute Gasteiger partial charge is 0.328 e. The van der Waals surface area contributed by atoms with Crippen molar-refractivity contribution in [3.8, 4) is 0 Å². The Bertz CT molecular complexity index is 218. The van der Waals surface area contributed by atoms with E-state index in [1.165, 1.54) is 0 Å². The summed E-state index contributed by atoms with van der Waals surface area (Å²) in [6.45, 7) is 0. The van der Waals surface area contributed by atoms with Gasteiger partial charge in [-0.25, -0.2) is 4.79 Å². The number of aliphatic carboxylic acids is 1. The van der Waals surface area contributed by atoms with Gasteiger partial charge in [-0.2, -0.15) is 0 Å². The first-order valence-electron chi connectivity index (χ1n) is 3.90. The molecule has 0 spiro atoms. The minimum atomic E-state index is -1.10. The molecule has 2 N–H and O–H groups in total. The van der Waals surface area contributed by atoms with Crippen molar-refractivity contribution in [2.75, 3.05) is 0 Å². The van der Waals surface area contributed by atoms with E-state index < -0.39 is 5.97 Å². The van der Waals surface area contributed by atoms with Crippen LogP contribution in [0, 0.1) is 0 Å². The fraction of sp³-hybridized carbons (Fsp3) is 0.500. The quantitative estimate of drug-likeness (QED) is 0.597. The van der Waals surface area contributed by atoms with E-state index in [-0.39, 0.29) is 11.9 Å². The molecule has 0 saturated heterocycles. The largest absolute Gasteiger partial charge is 0.478 e. The molecule has 0 aromatic heterocycles. The van der Waals surface area contributed by atoms with E-state index in [0.29, 0.717) is 0 Å².